The number of H-pyrrole nitrogens is 1. The summed E-state index contributed by atoms with van der Waals surface area (Å²) in [4.78, 5) is 11.6. The fourth-order valence-electron chi connectivity index (χ4n) is 1.99. The molecule has 0 spiro atoms. The summed E-state index contributed by atoms with van der Waals surface area (Å²) in [6.07, 6.45) is 3.83. The highest BCUT2D eigenvalue weighted by Crippen LogP contribution is 2.36. The minimum Gasteiger partial charge on any atom is -0.409 e. The largest absolute Gasteiger partial charge is 0.409 e. The summed E-state index contributed by atoms with van der Waals surface area (Å²) in [5, 5.41) is 19.1. The van der Waals surface area contributed by atoms with Gasteiger partial charge in [-0.25, -0.2) is 9.89 Å². The van der Waals surface area contributed by atoms with Crippen LogP contribution in [0.2, 0.25) is 0 Å². The van der Waals surface area contributed by atoms with Crippen LogP contribution < -0.4 is 11.4 Å². The topological polar surface area (TPSA) is 109 Å². The Labute approximate surface area is 121 Å². The van der Waals surface area contributed by atoms with E-state index in [1.165, 1.54) is 0 Å². The number of nitrogens with one attached hydrogen (secondary N) is 1. The smallest absolute Gasteiger partial charge is 0.344 e. The van der Waals surface area contributed by atoms with Crippen molar-refractivity contribution in [3.05, 3.63) is 10.5 Å². The van der Waals surface area contributed by atoms with Gasteiger partial charge < -0.3 is 10.9 Å². The number of thioether (sulfide) groups is 1. The van der Waals surface area contributed by atoms with Crippen LogP contribution in [0.1, 0.15) is 45.6 Å². The lowest BCUT2D eigenvalue weighted by molar-refractivity contribution is 0.305. The van der Waals surface area contributed by atoms with E-state index in [9.17, 15) is 4.79 Å². The Kier molecular flexibility index (Phi) is 4.42. The third-order valence-corrected chi connectivity index (χ3v) is 4.60. The van der Waals surface area contributed by atoms with Crippen molar-refractivity contribution in [3.8, 4) is 0 Å². The molecule has 7 nitrogen and oxygen atoms in total. The van der Waals surface area contributed by atoms with Gasteiger partial charge in [-0.15, -0.1) is 5.10 Å². The van der Waals surface area contributed by atoms with Crippen molar-refractivity contribution in [2.24, 2.45) is 16.3 Å². The van der Waals surface area contributed by atoms with Gasteiger partial charge in [0, 0.05) is 17.2 Å². The van der Waals surface area contributed by atoms with E-state index < -0.39 is 0 Å². The van der Waals surface area contributed by atoms with Crippen LogP contribution in [0.15, 0.2) is 15.1 Å². The van der Waals surface area contributed by atoms with Gasteiger partial charge in [0.05, 0.1) is 0 Å². The fraction of sp³-hybridized carbons (Fsp3) is 0.750. The summed E-state index contributed by atoms with van der Waals surface area (Å²) in [5.74, 6) is 1.09. The predicted molar refractivity (Wildman–Crippen MR) is 78.3 cm³/mol. The number of hydrogen-bond donors (Lipinski definition) is 3. The van der Waals surface area contributed by atoms with Crippen molar-refractivity contribution in [2.45, 2.75) is 50.7 Å². The zero-order valence-corrected chi connectivity index (χ0v) is 12.6. The van der Waals surface area contributed by atoms with E-state index in [1.807, 2.05) is 13.8 Å². The molecule has 0 bridgehead atoms. The summed E-state index contributed by atoms with van der Waals surface area (Å²) in [5.41, 5.74) is 5.21. The Balaban J connectivity index is 1.84. The Morgan fingerprint density at radius 3 is 2.95 bits per heavy atom. The summed E-state index contributed by atoms with van der Waals surface area (Å²) in [6, 6.07) is 0.331. The first-order valence-electron chi connectivity index (χ1n) is 6.73. The molecule has 1 aliphatic carbocycles. The van der Waals surface area contributed by atoms with Crippen LogP contribution in [0.3, 0.4) is 0 Å². The molecule has 1 heterocycles. The zero-order valence-electron chi connectivity index (χ0n) is 11.8. The molecule has 2 rings (SSSR count). The maximum atomic E-state index is 11.6. The second-order valence-corrected chi connectivity index (χ2v) is 6.80. The number of oxime groups is 1. The molecule has 0 aliphatic heterocycles. The minimum atomic E-state index is -0.322. The molecule has 0 unspecified atom stereocenters. The van der Waals surface area contributed by atoms with Gasteiger partial charge in [0.15, 0.2) is 5.16 Å². The molecule has 0 amide bonds. The Hall–Kier alpha value is -1.44. The molecule has 1 aromatic rings. The number of nitrogens with two attached hydrogens (primary N) is 1. The maximum Gasteiger partial charge on any atom is 0.344 e. The van der Waals surface area contributed by atoms with Crippen molar-refractivity contribution in [3.63, 3.8) is 0 Å². The van der Waals surface area contributed by atoms with E-state index in [0.29, 0.717) is 6.04 Å². The highest BCUT2D eigenvalue weighted by Gasteiger charge is 2.28. The molecular formula is C12H21N5O2S. The van der Waals surface area contributed by atoms with Gasteiger partial charge in [0.2, 0.25) is 0 Å². The normalized spacial score (nSPS) is 16.6. The van der Waals surface area contributed by atoms with Crippen LogP contribution in [-0.4, -0.2) is 31.6 Å². The van der Waals surface area contributed by atoms with E-state index in [0.717, 1.165) is 36.6 Å². The van der Waals surface area contributed by atoms with Crippen molar-refractivity contribution in [2.75, 3.05) is 5.75 Å². The highest BCUT2D eigenvalue weighted by atomic mass is 32.2. The first-order valence-corrected chi connectivity index (χ1v) is 7.72. The predicted octanol–water partition coefficient (Wildman–Crippen LogP) is 1.55. The summed E-state index contributed by atoms with van der Waals surface area (Å²) >= 11 is 1.57. The Morgan fingerprint density at radius 2 is 2.35 bits per heavy atom. The minimum absolute atomic E-state index is 0.119. The summed E-state index contributed by atoms with van der Waals surface area (Å²) in [7, 11) is 0. The van der Waals surface area contributed by atoms with Crippen LogP contribution >= 0.6 is 11.8 Å². The Morgan fingerprint density at radius 1 is 1.65 bits per heavy atom. The molecule has 0 radical (unpaired) electrons. The average Bonchev–Trinajstić information content (AvgIpc) is 3.18. The molecule has 112 valence electrons. The molecule has 1 fully saturated rings. The number of hydrogen-bond acceptors (Lipinski definition) is 5. The van der Waals surface area contributed by atoms with Crippen molar-refractivity contribution >= 4 is 17.6 Å². The molecule has 0 aromatic carbocycles. The molecular weight excluding hydrogens is 278 g/mol. The molecule has 8 heteroatoms. The van der Waals surface area contributed by atoms with Gasteiger partial charge in [0.1, 0.15) is 5.84 Å². The van der Waals surface area contributed by atoms with Gasteiger partial charge in [-0.1, -0.05) is 30.8 Å². The molecule has 20 heavy (non-hydrogen) atoms. The standard InChI is InChI=1S/C12H21N5O2S/c1-12(2,9(13)16-19)6-3-7-20-11-15-14-10(18)17(11)8-4-5-8/h8,19H,3-7H2,1-2H3,(H2,13,16)(H,14,18). The number of aromatic nitrogens is 3. The van der Waals surface area contributed by atoms with Crippen LogP contribution in [-0.2, 0) is 0 Å². The van der Waals surface area contributed by atoms with E-state index in [1.54, 1.807) is 16.3 Å². The van der Waals surface area contributed by atoms with Crippen molar-refractivity contribution < 1.29 is 5.21 Å². The van der Waals surface area contributed by atoms with E-state index in [2.05, 4.69) is 15.4 Å². The molecule has 0 atom stereocenters. The average molecular weight is 299 g/mol. The van der Waals surface area contributed by atoms with Crippen LogP contribution in [0.5, 0.6) is 0 Å². The zero-order chi connectivity index (χ0) is 14.8. The first kappa shape index (κ1) is 15.0. The SMILES string of the molecule is CC(C)(CCCSc1n[nH]c(=O)n1C1CC1)C(N)=NO. The van der Waals surface area contributed by atoms with Crippen LogP contribution in [0, 0.1) is 5.41 Å². The highest BCUT2D eigenvalue weighted by molar-refractivity contribution is 7.99. The van der Waals surface area contributed by atoms with E-state index >= 15 is 0 Å². The third-order valence-electron chi connectivity index (χ3n) is 3.56. The van der Waals surface area contributed by atoms with Crippen LogP contribution in [0.4, 0.5) is 0 Å². The number of amidine groups is 1. The van der Waals surface area contributed by atoms with Crippen molar-refractivity contribution in [1.82, 2.24) is 14.8 Å². The first-order chi connectivity index (χ1) is 9.45. The fourth-order valence-corrected chi connectivity index (χ4v) is 2.94. The summed E-state index contributed by atoms with van der Waals surface area (Å²) in [6.45, 7) is 3.89. The number of nitrogens with zero attached hydrogens (tertiary/aromatic N) is 3. The molecule has 0 saturated heterocycles. The Bertz CT molecular complexity index is 544. The second-order valence-electron chi connectivity index (χ2n) is 5.73. The summed E-state index contributed by atoms with van der Waals surface area (Å²) < 4.78 is 1.75. The van der Waals surface area contributed by atoms with Gasteiger partial charge in [-0.3, -0.25) is 4.57 Å². The molecule has 1 aromatic heterocycles. The second kappa shape index (κ2) is 5.90. The number of aromatic amines is 1. The van der Waals surface area contributed by atoms with Gasteiger partial charge in [0.25, 0.3) is 0 Å². The third kappa shape index (κ3) is 3.36. The quantitative estimate of drug-likeness (QED) is 0.177. The van der Waals surface area contributed by atoms with Gasteiger partial charge in [-0.05, 0) is 25.7 Å². The lowest BCUT2D eigenvalue weighted by atomic mass is 9.87. The molecule has 4 N–H and O–H groups in total. The van der Waals surface area contributed by atoms with E-state index in [-0.39, 0.29) is 16.9 Å². The molecule has 1 aliphatic rings. The lowest BCUT2D eigenvalue weighted by Crippen LogP contribution is -2.31. The monoisotopic (exact) mass is 299 g/mol. The van der Waals surface area contributed by atoms with E-state index in [4.69, 9.17) is 10.9 Å². The maximum absolute atomic E-state index is 11.6. The molecule has 1 saturated carbocycles. The van der Waals surface area contributed by atoms with Crippen molar-refractivity contribution in [1.29, 1.82) is 0 Å². The van der Waals surface area contributed by atoms with Gasteiger partial charge >= 0.3 is 5.69 Å². The van der Waals surface area contributed by atoms with Crippen LogP contribution in [0.25, 0.3) is 0 Å². The van der Waals surface area contributed by atoms with Gasteiger partial charge in [-0.2, -0.15) is 0 Å². The lowest BCUT2D eigenvalue weighted by Gasteiger charge is -2.22. The number of rotatable bonds is 7.